The first-order valence-electron chi connectivity index (χ1n) is 8.25. The number of hydrogen-bond donors (Lipinski definition) is 1. The Kier molecular flexibility index (Phi) is 5.36. The molecule has 116 valence electrons. The van der Waals surface area contributed by atoms with Crippen LogP contribution in [0.3, 0.4) is 0 Å². The molecule has 0 aromatic heterocycles. The summed E-state index contributed by atoms with van der Waals surface area (Å²) >= 11 is 0. The quantitative estimate of drug-likeness (QED) is 0.852. The summed E-state index contributed by atoms with van der Waals surface area (Å²) in [5, 5.41) is 0. The van der Waals surface area contributed by atoms with Crippen LogP contribution in [0.1, 0.15) is 51.9 Å². The molecule has 0 radical (unpaired) electrons. The summed E-state index contributed by atoms with van der Waals surface area (Å²) < 4.78 is 0. The summed E-state index contributed by atoms with van der Waals surface area (Å²) in [5.41, 5.74) is 6.32. The fourth-order valence-corrected chi connectivity index (χ4v) is 4.71. The molecule has 1 saturated heterocycles. The zero-order valence-corrected chi connectivity index (χ0v) is 13.4. The molecule has 4 heteroatoms. The summed E-state index contributed by atoms with van der Waals surface area (Å²) in [5.74, 6) is 2.59. The van der Waals surface area contributed by atoms with Gasteiger partial charge in [-0.2, -0.15) is 0 Å². The SMILES string of the molecule is CCC1CCCN(C(=O)C2C3CCC(C3)C2N)CC1.Cl. The monoisotopic (exact) mass is 300 g/mol. The van der Waals surface area contributed by atoms with Crippen molar-refractivity contribution in [2.24, 2.45) is 29.4 Å². The third-order valence-corrected chi connectivity index (χ3v) is 6.00. The second kappa shape index (κ2) is 6.65. The van der Waals surface area contributed by atoms with Crippen molar-refractivity contribution in [2.45, 2.75) is 57.9 Å². The molecule has 0 aromatic carbocycles. The molecule has 2 N–H and O–H groups in total. The molecule has 2 saturated carbocycles. The van der Waals surface area contributed by atoms with E-state index in [1.807, 2.05) is 0 Å². The Balaban J connectivity index is 0.00000147. The summed E-state index contributed by atoms with van der Waals surface area (Å²) in [6.07, 6.45) is 8.63. The van der Waals surface area contributed by atoms with Crippen molar-refractivity contribution in [3.63, 3.8) is 0 Å². The standard InChI is InChI=1S/C16H28N2O.ClH/c1-2-11-4-3-8-18(9-7-11)16(19)14-12-5-6-13(10-12)15(14)17;/h11-15H,2-10,17H2,1H3;1H. The van der Waals surface area contributed by atoms with Crippen molar-refractivity contribution < 1.29 is 4.79 Å². The average Bonchev–Trinajstić information content (AvgIpc) is 2.91. The van der Waals surface area contributed by atoms with E-state index in [9.17, 15) is 4.79 Å². The number of likely N-dealkylation sites (tertiary alicyclic amines) is 1. The highest BCUT2D eigenvalue weighted by Gasteiger charge is 2.50. The molecule has 3 rings (SSSR count). The van der Waals surface area contributed by atoms with Crippen LogP contribution in [0.4, 0.5) is 0 Å². The molecule has 3 fully saturated rings. The van der Waals surface area contributed by atoms with Crippen molar-refractivity contribution in [3.05, 3.63) is 0 Å². The van der Waals surface area contributed by atoms with E-state index in [1.165, 1.54) is 44.9 Å². The van der Waals surface area contributed by atoms with Gasteiger partial charge in [0.25, 0.3) is 0 Å². The number of halogens is 1. The van der Waals surface area contributed by atoms with Crippen LogP contribution in [0.15, 0.2) is 0 Å². The van der Waals surface area contributed by atoms with Gasteiger partial charge < -0.3 is 10.6 Å². The first-order valence-corrected chi connectivity index (χ1v) is 8.25. The van der Waals surface area contributed by atoms with Crippen LogP contribution in [-0.2, 0) is 4.79 Å². The van der Waals surface area contributed by atoms with E-state index in [0.29, 0.717) is 17.7 Å². The molecule has 1 heterocycles. The van der Waals surface area contributed by atoms with Crippen LogP contribution in [0.25, 0.3) is 0 Å². The number of nitrogens with zero attached hydrogens (tertiary/aromatic N) is 1. The normalized spacial score (nSPS) is 40.3. The predicted octanol–water partition coefficient (Wildman–Crippen LogP) is 2.82. The fourth-order valence-electron chi connectivity index (χ4n) is 4.71. The van der Waals surface area contributed by atoms with Crippen molar-refractivity contribution in [1.29, 1.82) is 0 Å². The van der Waals surface area contributed by atoms with E-state index in [1.54, 1.807) is 0 Å². The van der Waals surface area contributed by atoms with Crippen LogP contribution in [0.2, 0.25) is 0 Å². The molecular formula is C16H29ClN2O. The molecule has 2 bridgehead atoms. The van der Waals surface area contributed by atoms with E-state index in [0.717, 1.165) is 19.0 Å². The van der Waals surface area contributed by atoms with E-state index >= 15 is 0 Å². The Morgan fingerprint density at radius 1 is 1.15 bits per heavy atom. The van der Waals surface area contributed by atoms with E-state index in [4.69, 9.17) is 5.73 Å². The van der Waals surface area contributed by atoms with Gasteiger partial charge in [-0.3, -0.25) is 4.79 Å². The highest BCUT2D eigenvalue weighted by atomic mass is 35.5. The number of amides is 1. The second-order valence-electron chi connectivity index (χ2n) is 6.97. The maximum atomic E-state index is 12.8. The Hall–Kier alpha value is -0.280. The van der Waals surface area contributed by atoms with E-state index in [2.05, 4.69) is 11.8 Å². The molecular weight excluding hydrogens is 272 g/mol. The molecule has 3 nitrogen and oxygen atoms in total. The highest BCUT2D eigenvalue weighted by Crippen LogP contribution is 2.48. The smallest absolute Gasteiger partial charge is 0.227 e. The Morgan fingerprint density at radius 3 is 2.55 bits per heavy atom. The number of nitrogens with two attached hydrogens (primary N) is 1. The lowest BCUT2D eigenvalue weighted by atomic mass is 9.84. The lowest BCUT2D eigenvalue weighted by Crippen LogP contribution is -2.47. The molecule has 5 atom stereocenters. The largest absolute Gasteiger partial charge is 0.342 e. The zero-order chi connectivity index (χ0) is 13.4. The van der Waals surface area contributed by atoms with Gasteiger partial charge in [0, 0.05) is 19.1 Å². The molecule has 0 spiro atoms. The van der Waals surface area contributed by atoms with Crippen LogP contribution in [0.5, 0.6) is 0 Å². The van der Waals surface area contributed by atoms with Crippen molar-refractivity contribution >= 4 is 18.3 Å². The minimum atomic E-state index is 0. The minimum absolute atomic E-state index is 0. The number of hydrogen-bond acceptors (Lipinski definition) is 2. The maximum absolute atomic E-state index is 12.8. The number of rotatable bonds is 2. The zero-order valence-electron chi connectivity index (χ0n) is 12.6. The number of carbonyl (C=O) groups is 1. The van der Waals surface area contributed by atoms with Gasteiger partial charge in [-0.15, -0.1) is 12.4 Å². The van der Waals surface area contributed by atoms with Crippen molar-refractivity contribution in [2.75, 3.05) is 13.1 Å². The number of fused-ring (bicyclic) bond motifs is 2. The van der Waals surface area contributed by atoms with E-state index in [-0.39, 0.29) is 24.4 Å². The Bertz CT molecular complexity index is 347. The van der Waals surface area contributed by atoms with Gasteiger partial charge in [0.2, 0.25) is 5.91 Å². The molecule has 0 aromatic rings. The molecule has 1 amide bonds. The van der Waals surface area contributed by atoms with Crippen molar-refractivity contribution in [3.8, 4) is 0 Å². The first kappa shape index (κ1) is 16.1. The van der Waals surface area contributed by atoms with Gasteiger partial charge in [0.15, 0.2) is 0 Å². The molecule has 20 heavy (non-hydrogen) atoms. The van der Waals surface area contributed by atoms with E-state index < -0.39 is 0 Å². The Morgan fingerprint density at radius 2 is 1.90 bits per heavy atom. The third-order valence-electron chi connectivity index (χ3n) is 6.00. The lowest BCUT2D eigenvalue weighted by molar-refractivity contribution is -0.137. The summed E-state index contributed by atoms with van der Waals surface area (Å²) in [7, 11) is 0. The topological polar surface area (TPSA) is 46.3 Å². The fraction of sp³-hybridized carbons (Fsp3) is 0.938. The van der Waals surface area contributed by atoms with Crippen LogP contribution < -0.4 is 5.73 Å². The van der Waals surface area contributed by atoms with Crippen LogP contribution >= 0.6 is 12.4 Å². The van der Waals surface area contributed by atoms with Gasteiger partial charge in [0.05, 0.1) is 5.92 Å². The minimum Gasteiger partial charge on any atom is -0.342 e. The third kappa shape index (κ3) is 2.85. The lowest BCUT2D eigenvalue weighted by Gasteiger charge is -2.32. The van der Waals surface area contributed by atoms with Gasteiger partial charge in [-0.1, -0.05) is 13.3 Å². The predicted molar refractivity (Wildman–Crippen MR) is 83.8 cm³/mol. The summed E-state index contributed by atoms with van der Waals surface area (Å²) in [6, 6.07) is 0.150. The average molecular weight is 301 g/mol. The highest BCUT2D eigenvalue weighted by molar-refractivity contribution is 5.85. The Labute approximate surface area is 129 Å². The van der Waals surface area contributed by atoms with Gasteiger partial charge >= 0.3 is 0 Å². The second-order valence-corrected chi connectivity index (χ2v) is 6.97. The molecule has 5 unspecified atom stereocenters. The van der Waals surface area contributed by atoms with Crippen LogP contribution in [-0.4, -0.2) is 29.9 Å². The summed E-state index contributed by atoms with van der Waals surface area (Å²) in [6.45, 7) is 4.21. The van der Waals surface area contributed by atoms with Crippen molar-refractivity contribution in [1.82, 2.24) is 4.90 Å². The summed E-state index contributed by atoms with van der Waals surface area (Å²) in [4.78, 5) is 14.9. The maximum Gasteiger partial charge on any atom is 0.227 e. The molecule has 2 aliphatic carbocycles. The first-order chi connectivity index (χ1) is 9.20. The number of carbonyl (C=O) groups excluding carboxylic acids is 1. The van der Waals surface area contributed by atoms with Crippen LogP contribution in [0, 0.1) is 23.7 Å². The van der Waals surface area contributed by atoms with Gasteiger partial charge in [-0.05, 0) is 56.3 Å². The van der Waals surface area contributed by atoms with Gasteiger partial charge in [0.1, 0.15) is 0 Å². The molecule has 1 aliphatic heterocycles. The van der Waals surface area contributed by atoms with Gasteiger partial charge in [-0.25, -0.2) is 0 Å². The molecule has 3 aliphatic rings.